The molecule has 3 aromatic rings. The number of sulfonamides is 1. The molecule has 1 aromatic heterocycles. The first-order valence-electron chi connectivity index (χ1n) is 12.0. The summed E-state index contributed by atoms with van der Waals surface area (Å²) in [5.74, 6) is -0.715. The average molecular weight is 657 g/mol. The summed E-state index contributed by atoms with van der Waals surface area (Å²) in [7, 11) is -4.12. The molecule has 0 saturated carbocycles. The Morgan fingerprint density at radius 3 is 2.28 bits per heavy atom. The molecule has 10 nitrogen and oxygen atoms in total. The Balaban J connectivity index is 1.60. The lowest BCUT2D eigenvalue weighted by atomic mass is 9.92. The summed E-state index contributed by atoms with van der Waals surface area (Å²) < 4.78 is 31.5. The van der Waals surface area contributed by atoms with E-state index >= 15 is 0 Å². The molecule has 2 aliphatic rings. The number of carbonyl (C=O) groups excluding carboxylic acids is 2. The van der Waals surface area contributed by atoms with Gasteiger partial charge in [0.05, 0.1) is 11.9 Å². The Hall–Kier alpha value is -2.48. The Kier molecular flexibility index (Phi) is 7.55. The molecule has 1 atom stereocenters. The first kappa shape index (κ1) is 28.1. The van der Waals surface area contributed by atoms with Crippen LogP contribution in [-0.2, 0) is 31.6 Å². The number of imidazole rings is 1. The van der Waals surface area contributed by atoms with Gasteiger partial charge < -0.3 is 10.0 Å². The summed E-state index contributed by atoms with van der Waals surface area (Å²) in [5.41, 5.74) is -0.172. The second kappa shape index (κ2) is 10.5. The van der Waals surface area contributed by atoms with Gasteiger partial charge in [0.1, 0.15) is 12.1 Å². The first-order valence-corrected chi connectivity index (χ1v) is 15.0. The highest BCUT2D eigenvalue weighted by atomic mass is 79.9. The van der Waals surface area contributed by atoms with E-state index in [1.165, 1.54) is 30.9 Å². The van der Waals surface area contributed by atoms with Gasteiger partial charge >= 0.3 is 0 Å². The number of carbonyl (C=O) groups is 2. The van der Waals surface area contributed by atoms with Crippen molar-refractivity contribution in [2.45, 2.75) is 23.9 Å². The van der Waals surface area contributed by atoms with E-state index in [1.807, 2.05) is 24.3 Å². The zero-order valence-electron chi connectivity index (χ0n) is 20.7. The van der Waals surface area contributed by atoms with E-state index in [4.69, 9.17) is 28.3 Å². The Bertz CT molecular complexity index is 1540. The van der Waals surface area contributed by atoms with Crippen LogP contribution < -0.4 is 4.90 Å². The lowest BCUT2D eigenvalue weighted by Crippen LogP contribution is -2.51. The van der Waals surface area contributed by atoms with Gasteiger partial charge in [-0.2, -0.15) is 4.31 Å². The topological polar surface area (TPSA) is 116 Å². The average Bonchev–Trinajstić information content (AvgIpc) is 3.43. The number of nitrogens with zero attached hydrogens (tertiary/aromatic N) is 5. The van der Waals surface area contributed by atoms with Gasteiger partial charge in [-0.1, -0.05) is 51.3 Å². The number of aliphatic hydroxyl groups is 1. The third-order valence-corrected chi connectivity index (χ3v) is 9.79. The second-order valence-corrected chi connectivity index (χ2v) is 13.2. The number of aromatic nitrogens is 2. The smallest absolute Gasteiger partial charge is 0.260 e. The summed E-state index contributed by atoms with van der Waals surface area (Å²) in [6, 6.07) is 12.1. The van der Waals surface area contributed by atoms with Crippen LogP contribution in [0.3, 0.4) is 0 Å². The van der Waals surface area contributed by atoms with Crippen molar-refractivity contribution < 1.29 is 23.1 Å². The van der Waals surface area contributed by atoms with E-state index in [0.29, 0.717) is 15.7 Å². The van der Waals surface area contributed by atoms with Gasteiger partial charge in [0.25, 0.3) is 15.9 Å². The molecule has 3 heterocycles. The van der Waals surface area contributed by atoms with Crippen LogP contribution in [0.5, 0.6) is 0 Å². The van der Waals surface area contributed by atoms with E-state index in [2.05, 4.69) is 20.9 Å². The molecule has 2 amide bonds. The third-order valence-electron chi connectivity index (χ3n) is 6.97. The largest absolute Gasteiger partial charge is 0.387 e. The van der Waals surface area contributed by atoms with Crippen molar-refractivity contribution in [2.24, 2.45) is 0 Å². The molecule has 1 saturated heterocycles. The monoisotopic (exact) mass is 655 g/mol. The number of halogens is 3. The lowest BCUT2D eigenvalue weighted by Gasteiger charge is -2.34. The van der Waals surface area contributed by atoms with Gasteiger partial charge in [-0.25, -0.2) is 18.3 Å². The normalized spacial score (nSPS) is 20.0. The summed E-state index contributed by atoms with van der Waals surface area (Å²) in [5, 5.41) is 9.64. The van der Waals surface area contributed by atoms with E-state index in [1.54, 1.807) is 19.1 Å². The van der Waals surface area contributed by atoms with Gasteiger partial charge in [0.15, 0.2) is 5.03 Å². The molecule has 0 unspecified atom stereocenters. The third kappa shape index (κ3) is 4.98. The summed E-state index contributed by atoms with van der Waals surface area (Å²) in [6.07, 6.45) is 1.44. The van der Waals surface area contributed by atoms with E-state index in [0.717, 1.165) is 10.0 Å². The van der Waals surface area contributed by atoms with Gasteiger partial charge in [-0.05, 0) is 42.8 Å². The van der Waals surface area contributed by atoms with Crippen LogP contribution in [0, 0.1) is 0 Å². The Morgan fingerprint density at radius 1 is 1.08 bits per heavy atom. The molecule has 206 valence electrons. The highest BCUT2D eigenvalue weighted by Crippen LogP contribution is 2.45. The summed E-state index contributed by atoms with van der Waals surface area (Å²) in [6.45, 7) is 1.41. The minimum atomic E-state index is -4.12. The van der Waals surface area contributed by atoms with E-state index in [9.17, 15) is 18.0 Å². The fourth-order valence-corrected chi connectivity index (χ4v) is 7.41. The molecule has 5 rings (SSSR count). The van der Waals surface area contributed by atoms with Crippen LogP contribution in [0.2, 0.25) is 10.0 Å². The second-order valence-electron chi connectivity index (χ2n) is 9.52. The van der Waals surface area contributed by atoms with Crippen LogP contribution in [0.25, 0.3) is 0 Å². The molecular weight excluding hydrogens is 633 g/mol. The molecule has 1 fully saturated rings. The Morgan fingerprint density at radius 2 is 1.69 bits per heavy atom. The molecule has 39 heavy (non-hydrogen) atoms. The van der Waals surface area contributed by atoms with Gasteiger partial charge in [0.2, 0.25) is 11.9 Å². The molecule has 0 bridgehead atoms. The highest BCUT2D eigenvalue weighted by Gasteiger charge is 2.52. The number of anilines is 2. The quantitative estimate of drug-likeness (QED) is 0.435. The number of hydrogen-bond donors (Lipinski definition) is 1. The van der Waals surface area contributed by atoms with Crippen molar-refractivity contribution in [3.05, 3.63) is 68.7 Å². The van der Waals surface area contributed by atoms with Crippen LogP contribution in [0.4, 0.5) is 11.6 Å². The summed E-state index contributed by atoms with van der Waals surface area (Å²) >= 11 is 15.9. The molecule has 0 spiro atoms. The molecule has 1 N–H and O–H groups in total. The zero-order valence-corrected chi connectivity index (χ0v) is 24.6. The van der Waals surface area contributed by atoms with Gasteiger partial charge in [-0.3, -0.25) is 14.2 Å². The van der Waals surface area contributed by atoms with E-state index < -0.39 is 28.1 Å². The molecular formula is C25H24BrCl2N5O5S. The fourth-order valence-electron chi connectivity index (χ4n) is 5.02. The fraction of sp³-hybridized carbons (Fsp3) is 0.320. The van der Waals surface area contributed by atoms with Crippen molar-refractivity contribution in [3.8, 4) is 0 Å². The number of fused-ring (bicyclic) bond motifs is 1. The zero-order chi connectivity index (χ0) is 28.1. The van der Waals surface area contributed by atoms with Crippen molar-refractivity contribution in [2.75, 3.05) is 37.7 Å². The van der Waals surface area contributed by atoms with Crippen LogP contribution in [0.15, 0.2) is 58.2 Å². The molecule has 0 aliphatic carbocycles. The highest BCUT2D eigenvalue weighted by molar-refractivity contribution is 9.10. The minimum absolute atomic E-state index is 0.0412. The molecule has 14 heteroatoms. The van der Waals surface area contributed by atoms with Crippen LogP contribution in [0.1, 0.15) is 12.5 Å². The van der Waals surface area contributed by atoms with Crippen molar-refractivity contribution in [1.29, 1.82) is 0 Å². The maximum atomic E-state index is 14.1. The number of amides is 2. The van der Waals surface area contributed by atoms with Crippen LogP contribution in [-0.4, -0.2) is 76.9 Å². The number of hydrogen-bond acceptors (Lipinski definition) is 6. The maximum Gasteiger partial charge on any atom is 0.260 e. The van der Waals surface area contributed by atoms with Crippen molar-refractivity contribution in [1.82, 2.24) is 18.8 Å². The summed E-state index contributed by atoms with van der Waals surface area (Å²) in [4.78, 5) is 33.2. The number of rotatable bonds is 6. The predicted octanol–water partition coefficient (Wildman–Crippen LogP) is 3.41. The Labute approximate surface area is 243 Å². The van der Waals surface area contributed by atoms with Gasteiger partial charge in [0, 0.05) is 47.1 Å². The first-order chi connectivity index (χ1) is 18.5. The molecule has 0 radical (unpaired) electrons. The number of aliphatic hydroxyl groups excluding tert-OH is 1. The SMILES string of the molecule is C[C@@]1(Cc2ccc(Br)cc2)C(=O)N(c2cc(Cl)cc(Cl)c2)c2ncc(S(=O)(=O)N3CCN(C(=O)CO)CC3)n21. The van der Waals surface area contributed by atoms with E-state index in [-0.39, 0.29) is 49.5 Å². The predicted molar refractivity (Wildman–Crippen MR) is 150 cm³/mol. The molecule has 2 aromatic carbocycles. The van der Waals surface area contributed by atoms with Gasteiger partial charge in [-0.15, -0.1) is 0 Å². The number of piperazine rings is 1. The molecule has 2 aliphatic heterocycles. The van der Waals surface area contributed by atoms with Crippen LogP contribution >= 0.6 is 39.1 Å². The number of benzene rings is 2. The standard InChI is InChI=1S/C25H24BrCl2N5O5S/c1-25(13-16-2-4-17(26)5-3-16)23(36)32(20-11-18(27)10-19(28)12-20)24-29-14-22(33(24)25)39(37,38)31-8-6-30(7-9-31)21(35)15-34/h2-5,10-12,14,34H,6-9,13,15H2,1H3/t25-/m1/s1. The minimum Gasteiger partial charge on any atom is -0.387 e. The van der Waals surface area contributed by atoms with Crippen molar-refractivity contribution >= 4 is 72.6 Å². The lowest BCUT2D eigenvalue weighted by molar-refractivity contribution is -0.135. The maximum absolute atomic E-state index is 14.1. The van der Waals surface area contributed by atoms with Crippen molar-refractivity contribution in [3.63, 3.8) is 0 Å².